The van der Waals surface area contributed by atoms with Crippen LogP contribution in [-0.2, 0) is 0 Å². The zero-order valence-electron chi connectivity index (χ0n) is 10.2. The van der Waals surface area contributed by atoms with Crippen LogP contribution in [0, 0.1) is 5.41 Å². The molecule has 1 aliphatic heterocycles. The molecule has 0 aromatic rings. The predicted octanol–water partition coefficient (Wildman–Crippen LogP) is 2.03. The second-order valence-corrected chi connectivity index (χ2v) is 4.39. The Hall–Kier alpha value is -1.84. The highest BCUT2D eigenvalue weighted by Gasteiger charge is 2.26. The van der Waals surface area contributed by atoms with Crippen LogP contribution in [-0.4, -0.2) is 29.5 Å². The van der Waals surface area contributed by atoms with Gasteiger partial charge in [0.2, 0.25) is 0 Å². The summed E-state index contributed by atoms with van der Waals surface area (Å²) in [6.07, 6.45) is 5.96. The molecule has 2 N–H and O–H groups in total. The lowest BCUT2D eigenvalue weighted by Gasteiger charge is -2.27. The van der Waals surface area contributed by atoms with Crippen LogP contribution in [0.1, 0.15) is 19.8 Å². The van der Waals surface area contributed by atoms with E-state index in [4.69, 9.17) is 5.41 Å². The van der Waals surface area contributed by atoms with Gasteiger partial charge in [0.05, 0.1) is 24.2 Å². The van der Waals surface area contributed by atoms with Crippen molar-refractivity contribution < 1.29 is 0 Å². The molecule has 4 nitrogen and oxygen atoms in total. The van der Waals surface area contributed by atoms with Crippen LogP contribution in [0.15, 0.2) is 41.3 Å². The second kappa shape index (κ2) is 4.57. The van der Waals surface area contributed by atoms with Crippen molar-refractivity contribution in [3.05, 3.63) is 36.2 Å². The van der Waals surface area contributed by atoms with Crippen molar-refractivity contribution >= 4 is 11.9 Å². The van der Waals surface area contributed by atoms with Gasteiger partial charge in [0.15, 0.2) is 0 Å². The van der Waals surface area contributed by atoms with Crippen LogP contribution in [0.3, 0.4) is 0 Å². The minimum absolute atomic E-state index is 0.512. The normalized spacial score (nSPS) is 19.6. The van der Waals surface area contributed by atoms with E-state index in [0.29, 0.717) is 18.3 Å². The molecule has 0 unspecified atom stereocenters. The Balaban J connectivity index is 2.25. The zero-order chi connectivity index (χ0) is 12.4. The van der Waals surface area contributed by atoms with E-state index >= 15 is 0 Å². The van der Waals surface area contributed by atoms with Gasteiger partial charge in [0.1, 0.15) is 0 Å². The molecular weight excluding hydrogens is 212 g/mol. The Morgan fingerprint density at radius 2 is 2.41 bits per heavy atom. The van der Waals surface area contributed by atoms with Crippen molar-refractivity contribution in [2.45, 2.75) is 25.8 Å². The topological polar surface area (TPSA) is 51.5 Å². The lowest BCUT2D eigenvalue weighted by atomic mass is 10.0. The summed E-state index contributed by atoms with van der Waals surface area (Å²) >= 11 is 0. The van der Waals surface area contributed by atoms with Gasteiger partial charge in [-0.15, -0.1) is 6.58 Å². The van der Waals surface area contributed by atoms with Crippen LogP contribution < -0.4 is 5.32 Å². The zero-order valence-corrected chi connectivity index (χ0v) is 10.2. The highest BCUT2D eigenvalue weighted by atomic mass is 15.5. The monoisotopic (exact) mass is 230 g/mol. The van der Waals surface area contributed by atoms with Crippen molar-refractivity contribution in [1.29, 1.82) is 5.41 Å². The number of rotatable bonds is 5. The number of hydrogen-bond acceptors (Lipinski definition) is 4. The standard InChI is InChI=1S/C13H18N4/c1-4-7-17-10(3)13(9(2)14)12(8-15-17)16-11-5-6-11/h4,8,11,14,16H,1,3,5-7H2,2H3. The molecule has 0 aromatic heterocycles. The molecule has 0 spiro atoms. The highest BCUT2D eigenvalue weighted by Crippen LogP contribution is 2.25. The van der Waals surface area contributed by atoms with E-state index in [1.54, 1.807) is 24.2 Å². The van der Waals surface area contributed by atoms with Crippen LogP contribution >= 0.6 is 0 Å². The van der Waals surface area contributed by atoms with E-state index in [1.807, 2.05) is 0 Å². The minimum atomic E-state index is 0.512. The molecule has 0 saturated heterocycles. The third-order valence-electron chi connectivity index (χ3n) is 2.81. The molecule has 0 amide bonds. The summed E-state index contributed by atoms with van der Waals surface area (Å²) in [4.78, 5) is 0. The Morgan fingerprint density at radius 3 is 2.94 bits per heavy atom. The van der Waals surface area contributed by atoms with Gasteiger partial charge in [-0.3, -0.25) is 5.01 Å². The predicted molar refractivity (Wildman–Crippen MR) is 71.1 cm³/mol. The Labute approximate surface area is 102 Å². The molecule has 0 radical (unpaired) electrons. The molecule has 1 fully saturated rings. The molecule has 0 bridgehead atoms. The van der Waals surface area contributed by atoms with Gasteiger partial charge >= 0.3 is 0 Å². The van der Waals surface area contributed by atoms with E-state index in [-0.39, 0.29) is 0 Å². The summed E-state index contributed by atoms with van der Waals surface area (Å²) in [5.41, 5.74) is 3.06. The first-order valence-corrected chi connectivity index (χ1v) is 5.81. The number of hydrazone groups is 1. The van der Waals surface area contributed by atoms with Gasteiger partial charge < -0.3 is 10.7 Å². The van der Waals surface area contributed by atoms with Gasteiger partial charge in [0.25, 0.3) is 0 Å². The number of hydrogen-bond donors (Lipinski definition) is 2. The highest BCUT2D eigenvalue weighted by molar-refractivity contribution is 6.05. The van der Waals surface area contributed by atoms with Gasteiger partial charge in [-0.05, 0) is 19.8 Å². The van der Waals surface area contributed by atoms with E-state index in [0.717, 1.165) is 17.0 Å². The number of nitrogens with one attached hydrogen (secondary N) is 2. The second-order valence-electron chi connectivity index (χ2n) is 4.39. The van der Waals surface area contributed by atoms with Gasteiger partial charge in [-0.2, -0.15) is 5.10 Å². The summed E-state index contributed by atoms with van der Waals surface area (Å²) in [5.74, 6) is 0. The van der Waals surface area contributed by atoms with Crippen molar-refractivity contribution in [1.82, 2.24) is 10.3 Å². The smallest absolute Gasteiger partial charge is 0.0714 e. The minimum Gasteiger partial charge on any atom is -0.380 e. The molecule has 17 heavy (non-hydrogen) atoms. The first-order valence-electron chi connectivity index (χ1n) is 5.81. The molecule has 90 valence electrons. The fourth-order valence-electron chi connectivity index (χ4n) is 1.80. The molecular formula is C13H18N4. The lowest BCUT2D eigenvalue weighted by molar-refractivity contribution is 0.412. The largest absolute Gasteiger partial charge is 0.380 e. The van der Waals surface area contributed by atoms with Crippen LogP contribution in [0.4, 0.5) is 0 Å². The van der Waals surface area contributed by atoms with Gasteiger partial charge in [-0.1, -0.05) is 12.7 Å². The summed E-state index contributed by atoms with van der Waals surface area (Å²) < 4.78 is 0. The molecule has 4 heteroatoms. The van der Waals surface area contributed by atoms with Gasteiger partial charge in [0, 0.05) is 17.3 Å². The van der Waals surface area contributed by atoms with Crippen LogP contribution in [0.5, 0.6) is 0 Å². The molecule has 0 aromatic carbocycles. The number of allylic oxidation sites excluding steroid dienone is 2. The molecule has 2 rings (SSSR count). The fourth-order valence-corrected chi connectivity index (χ4v) is 1.80. The molecule has 0 atom stereocenters. The maximum Gasteiger partial charge on any atom is 0.0714 e. The van der Waals surface area contributed by atoms with Crippen LogP contribution in [0.2, 0.25) is 0 Å². The third kappa shape index (κ3) is 2.46. The molecule has 1 heterocycles. The van der Waals surface area contributed by atoms with Gasteiger partial charge in [-0.25, -0.2) is 0 Å². The first-order chi connectivity index (χ1) is 8.13. The quantitative estimate of drug-likeness (QED) is 0.561. The summed E-state index contributed by atoms with van der Waals surface area (Å²) in [5, 5.41) is 17.3. The van der Waals surface area contributed by atoms with Crippen molar-refractivity contribution in [2.75, 3.05) is 6.54 Å². The molecule has 1 saturated carbocycles. The van der Waals surface area contributed by atoms with Crippen LogP contribution in [0.25, 0.3) is 0 Å². The molecule has 2 aliphatic rings. The van der Waals surface area contributed by atoms with Crippen molar-refractivity contribution in [3.63, 3.8) is 0 Å². The Kier molecular flexibility index (Phi) is 3.13. The Morgan fingerprint density at radius 1 is 1.71 bits per heavy atom. The summed E-state index contributed by atoms with van der Waals surface area (Å²) in [6, 6.07) is 0.546. The van der Waals surface area contributed by atoms with E-state index in [2.05, 4.69) is 23.6 Å². The first kappa shape index (κ1) is 11.6. The fraction of sp³-hybridized carbons (Fsp3) is 0.385. The summed E-state index contributed by atoms with van der Waals surface area (Å²) in [7, 11) is 0. The third-order valence-corrected chi connectivity index (χ3v) is 2.81. The van der Waals surface area contributed by atoms with E-state index in [1.165, 1.54) is 12.8 Å². The maximum atomic E-state index is 7.86. The average molecular weight is 230 g/mol. The van der Waals surface area contributed by atoms with E-state index < -0.39 is 0 Å². The average Bonchev–Trinajstić information content (AvgIpc) is 3.06. The molecule has 1 aliphatic carbocycles. The van der Waals surface area contributed by atoms with E-state index in [9.17, 15) is 0 Å². The lowest BCUT2D eigenvalue weighted by Crippen LogP contribution is -2.30. The van der Waals surface area contributed by atoms with Crippen molar-refractivity contribution in [2.24, 2.45) is 5.10 Å². The Bertz CT molecular complexity index is 427. The summed E-state index contributed by atoms with van der Waals surface area (Å²) in [6.45, 7) is 10.1. The van der Waals surface area contributed by atoms with Crippen molar-refractivity contribution in [3.8, 4) is 0 Å². The SMILES string of the molecule is C=CCN1N=CC(NC2CC2)=C(C(C)=N)C1=C. The number of nitrogens with zero attached hydrogens (tertiary/aromatic N) is 2. The maximum absolute atomic E-state index is 7.86.